The van der Waals surface area contributed by atoms with Gasteiger partial charge in [-0.05, 0) is 61.9 Å². The van der Waals surface area contributed by atoms with Crippen LogP contribution in [0.4, 0.5) is 0 Å². The Labute approximate surface area is 154 Å². The van der Waals surface area contributed by atoms with Gasteiger partial charge >= 0.3 is 5.97 Å². The number of carbonyl (C=O) groups is 2. The van der Waals surface area contributed by atoms with Crippen molar-refractivity contribution in [3.63, 3.8) is 0 Å². The molecular weight excluding hydrogens is 330 g/mol. The van der Waals surface area contributed by atoms with Crippen molar-refractivity contribution in [2.24, 2.45) is 33.7 Å². The molecule has 0 bridgehead atoms. The van der Waals surface area contributed by atoms with Crippen molar-refractivity contribution < 1.29 is 19.5 Å². The van der Waals surface area contributed by atoms with Crippen LogP contribution in [0, 0.1) is 28.6 Å². The molecule has 142 valence electrons. The fourth-order valence-electron chi connectivity index (χ4n) is 6.66. The lowest BCUT2D eigenvalue weighted by atomic mass is 9.47. The third kappa shape index (κ3) is 2.39. The highest BCUT2D eigenvalue weighted by atomic mass is 16.5. The Morgan fingerprint density at radius 2 is 1.88 bits per heavy atom. The van der Waals surface area contributed by atoms with E-state index in [-0.39, 0.29) is 40.5 Å². The van der Waals surface area contributed by atoms with Gasteiger partial charge in [0, 0.05) is 24.7 Å². The Bertz CT molecular complexity index is 711. The molecule has 0 radical (unpaired) electrons. The van der Waals surface area contributed by atoms with Crippen LogP contribution in [0.25, 0.3) is 0 Å². The van der Waals surface area contributed by atoms with Gasteiger partial charge in [0.05, 0.1) is 5.71 Å². The zero-order chi connectivity index (χ0) is 18.7. The average molecular weight is 359 g/mol. The molecule has 5 nitrogen and oxygen atoms in total. The van der Waals surface area contributed by atoms with E-state index in [0.717, 1.165) is 44.2 Å². The topological polar surface area (TPSA) is 76.0 Å². The molecule has 0 aromatic heterocycles. The molecule has 3 saturated carbocycles. The van der Waals surface area contributed by atoms with Crippen molar-refractivity contribution in [3.8, 4) is 0 Å². The predicted molar refractivity (Wildman–Crippen MR) is 96.9 cm³/mol. The lowest BCUT2D eigenvalue weighted by Gasteiger charge is -2.56. The number of fused-ring (bicyclic) bond motifs is 5. The van der Waals surface area contributed by atoms with Crippen LogP contribution in [0.15, 0.2) is 16.8 Å². The second-order valence-corrected chi connectivity index (χ2v) is 9.24. The van der Waals surface area contributed by atoms with E-state index in [1.807, 2.05) is 6.08 Å². The van der Waals surface area contributed by atoms with Crippen molar-refractivity contribution in [2.75, 3.05) is 0 Å². The molecule has 0 aromatic rings. The molecule has 4 rings (SSSR count). The van der Waals surface area contributed by atoms with Gasteiger partial charge in [-0.3, -0.25) is 9.59 Å². The molecule has 4 aliphatic rings. The molecule has 26 heavy (non-hydrogen) atoms. The van der Waals surface area contributed by atoms with Gasteiger partial charge in [0.1, 0.15) is 6.10 Å². The maximum absolute atomic E-state index is 13.1. The summed E-state index contributed by atoms with van der Waals surface area (Å²) in [4.78, 5) is 24.5. The number of carbonyl (C=O) groups excluding carboxylic acids is 2. The van der Waals surface area contributed by atoms with Gasteiger partial charge in [0.15, 0.2) is 5.78 Å². The first-order valence-corrected chi connectivity index (χ1v) is 9.93. The second kappa shape index (κ2) is 5.93. The third-order valence-corrected chi connectivity index (χ3v) is 8.09. The Morgan fingerprint density at radius 1 is 1.19 bits per heavy atom. The van der Waals surface area contributed by atoms with E-state index in [0.29, 0.717) is 12.3 Å². The van der Waals surface area contributed by atoms with Gasteiger partial charge in [-0.1, -0.05) is 24.6 Å². The SMILES string of the molecule is CC(=O)O[C@H]1CC[C@@]2(C)C(=CC(=O)C3C2CC[C@]2(C)/C(=N\O)CCC32)C1. The number of ketones is 1. The summed E-state index contributed by atoms with van der Waals surface area (Å²) in [6, 6.07) is 0. The third-order valence-electron chi connectivity index (χ3n) is 8.09. The summed E-state index contributed by atoms with van der Waals surface area (Å²) >= 11 is 0. The quantitative estimate of drug-likeness (QED) is 0.438. The number of oxime groups is 1. The molecule has 0 spiro atoms. The normalized spacial score (nSPS) is 46.2. The second-order valence-electron chi connectivity index (χ2n) is 9.24. The van der Waals surface area contributed by atoms with Gasteiger partial charge in [-0.2, -0.15) is 0 Å². The fourth-order valence-corrected chi connectivity index (χ4v) is 6.66. The van der Waals surface area contributed by atoms with Crippen molar-refractivity contribution in [1.29, 1.82) is 0 Å². The molecule has 0 amide bonds. The van der Waals surface area contributed by atoms with Gasteiger partial charge in [0.2, 0.25) is 0 Å². The summed E-state index contributed by atoms with van der Waals surface area (Å²) in [5.74, 6) is 0.660. The van der Waals surface area contributed by atoms with Gasteiger partial charge < -0.3 is 9.94 Å². The number of nitrogens with zero attached hydrogens (tertiary/aromatic N) is 1. The molecular formula is C21H29NO4. The molecule has 5 heteroatoms. The van der Waals surface area contributed by atoms with Crippen molar-refractivity contribution in [3.05, 3.63) is 11.6 Å². The molecule has 0 saturated heterocycles. The standard InChI is InChI=1S/C21H29NO4/c1-12(23)26-14-6-8-20(2)13(10-14)11-17(24)19-15-4-5-18(22-25)21(15,3)9-7-16(19)20/h11,14-16,19,25H,4-10H2,1-3H3/b22-18-/t14-,15?,16?,19?,20-,21-/m0/s1. The lowest BCUT2D eigenvalue weighted by molar-refractivity contribution is -0.148. The van der Waals surface area contributed by atoms with Gasteiger partial charge in [0.25, 0.3) is 0 Å². The summed E-state index contributed by atoms with van der Waals surface area (Å²) in [5.41, 5.74) is 1.95. The number of ether oxygens (including phenoxy) is 1. The van der Waals surface area contributed by atoms with Crippen molar-refractivity contribution >= 4 is 17.5 Å². The Balaban J connectivity index is 1.66. The van der Waals surface area contributed by atoms with Gasteiger partial charge in [-0.15, -0.1) is 0 Å². The van der Waals surface area contributed by atoms with Crippen LogP contribution in [0.1, 0.15) is 65.7 Å². The summed E-state index contributed by atoms with van der Waals surface area (Å²) in [5, 5.41) is 13.0. The number of rotatable bonds is 1. The summed E-state index contributed by atoms with van der Waals surface area (Å²) in [7, 11) is 0. The highest BCUT2D eigenvalue weighted by Crippen LogP contribution is 2.63. The summed E-state index contributed by atoms with van der Waals surface area (Å²) < 4.78 is 5.44. The van der Waals surface area contributed by atoms with E-state index >= 15 is 0 Å². The van der Waals surface area contributed by atoms with Crippen LogP contribution in [0.3, 0.4) is 0 Å². The van der Waals surface area contributed by atoms with Crippen LogP contribution >= 0.6 is 0 Å². The number of esters is 1. The minimum Gasteiger partial charge on any atom is -0.462 e. The maximum atomic E-state index is 13.1. The smallest absolute Gasteiger partial charge is 0.302 e. The van der Waals surface area contributed by atoms with E-state index in [2.05, 4.69) is 19.0 Å². The minimum atomic E-state index is -0.241. The summed E-state index contributed by atoms with van der Waals surface area (Å²) in [6.07, 6.45) is 8.04. The lowest BCUT2D eigenvalue weighted by Crippen LogP contribution is -2.53. The Hall–Kier alpha value is -1.65. The largest absolute Gasteiger partial charge is 0.462 e. The first-order valence-electron chi connectivity index (χ1n) is 9.93. The van der Waals surface area contributed by atoms with Gasteiger partial charge in [-0.25, -0.2) is 0 Å². The maximum Gasteiger partial charge on any atom is 0.302 e. The first-order chi connectivity index (χ1) is 12.3. The van der Waals surface area contributed by atoms with E-state index in [1.54, 1.807) is 0 Å². The monoisotopic (exact) mass is 359 g/mol. The Morgan fingerprint density at radius 3 is 2.58 bits per heavy atom. The first kappa shape index (κ1) is 17.7. The molecule has 0 aromatic carbocycles. The van der Waals surface area contributed by atoms with Crippen molar-refractivity contribution in [1.82, 2.24) is 0 Å². The molecule has 1 N–H and O–H groups in total. The highest BCUT2D eigenvalue weighted by molar-refractivity contribution is 5.98. The van der Waals surface area contributed by atoms with Crippen molar-refractivity contribution in [2.45, 2.75) is 71.8 Å². The average Bonchev–Trinajstić information content (AvgIpc) is 2.92. The number of hydrogen-bond donors (Lipinski definition) is 1. The van der Waals surface area contributed by atoms with E-state index < -0.39 is 0 Å². The Kier molecular flexibility index (Phi) is 4.05. The van der Waals surface area contributed by atoms with E-state index in [1.165, 1.54) is 12.5 Å². The molecule has 3 fully saturated rings. The zero-order valence-electron chi connectivity index (χ0n) is 16.0. The zero-order valence-corrected chi connectivity index (χ0v) is 16.0. The summed E-state index contributed by atoms with van der Waals surface area (Å²) in [6.45, 7) is 5.95. The molecule has 0 aliphatic heterocycles. The fraction of sp³-hybridized carbons (Fsp3) is 0.762. The molecule has 6 atom stereocenters. The van der Waals surface area contributed by atoms with E-state index in [9.17, 15) is 14.8 Å². The number of allylic oxidation sites excluding steroid dienone is 1. The number of hydrogen-bond acceptors (Lipinski definition) is 5. The van der Waals surface area contributed by atoms with Crippen LogP contribution in [0.2, 0.25) is 0 Å². The highest BCUT2D eigenvalue weighted by Gasteiger charge is 2.60. The van der Waals surface area contributed by atoms with Crippen LogP contribution in [-0.4, -0.2) is 28.8 Å². The van der Waals surface area contributed by atoms with Crippen LogP contribution in [-0.2, 0) is 14.3 Å². The predicted octanol–water partition coefficient (Wildman–Crippen LogP) is 3.89. The minimum absolute atomic E-state index is 0.0235. The van der Waals surface area contributed by atoms with E-state index in [4.69, 9.17) is 4.74 Å². The van der Waals surface area contributed by atoms with Crippen LogP contribution in [0.5, 0.6) is 0 Å². The molecule has 4 aliphatic carbocycles. The molecule has 0 heterocycles. The van der Waals surface area contributed by atoms with Crippen LogP contribution < -0.4 is 0 Å². The molecule has 3 unspecified atom stereocenters.